The number of hydrogen-bond acceptors (Lipinski definition) is 6. The number of para-hydroxylation sites is 2. The van der Waals surface area contributed by atoms with Crippen molar-refractivity contribution in [2.24, 2.45) is 11.0 Å². The lowest BCUT2D eigenvalue weighted by molar-refractivity contribution is -0.145. The third-order valence-electron chi connectivity index (χ3n) is 4.30. The molecule has 0 aliphatic heterocycles. The monoisotopic (exact) mass is 394 g/mol. The number of benzene rings is 2. The van der Waals surface area contributed by atoms with E-state index in [1.165, 1.54) is 0 Å². The lowest BCUT2D eigenvalue weighted by Crippen LogP contribution is -2.27. The van der Waals surface area contributed by atoms with E-state index in [4.69, 9.17) is 17.0 Å². The minimum Gasteiger partial charge on any atom is -0.465 e. The summed E-state index contributed by atoms with van der Waals surface area (Å²) in [5.74, 6) is -0.353. The second kappa shape index (κ2) is 9.23. The van der Waals surface area contributed by atoms with Gasteiger partial charge in [0, 0.05) is 5.71 Å². The van der Waals surface area contributed by atoms with Gasteiger partial charge in [-0.1, -0.05) is 54.7 Å². The average Bonchev–Trinajstić information content (AvgIpc) is 2.71. The van der Waals surface area contributed by atoms with Crippen LogP contribution in [0.4, 0.5) is 5.82 Å². The highest BCUT2D eigenvalue weighted by Gasteiger charge is 2.23. The number of hydrogen-bond donors (Lipinski definition) is 2. The van der Waals surface area contributed by atoms with Gasteiger partial charge in [-0.25, -0.2) is 4.98 Å². The van der Waals surface area contributed by atoms with Crippen LogP contribution in [0.25, 0.3) is 11.0 Å². The molecule has 1 aromatic heterocycles. The maximum absolute atomic E-state index is 12.5. The normalized spacial score (nSPS) is 12.6. The van der Waals surface area contributed by atoms with Crippen molar-refractivity contribution in [3.8, 4) is 0 Å². The topological polar surface area (TPSA) is 79.4 Å². The molecule has 0 saturated heterocycles. The fourth-order valence-electron chi connectivity index (χ4n) is 2.82. The predicted octanol–water partition coefficient (Wildman–Crippen LogP) is 4.50. The molecular formula is C21H22N4O2S. The molecule has 3 rings (SSSR count). The van der Waals surface area contributed by atoms with Crippen molar-refractivity contribution in [2.45, 2.75) is 20.3 Å². The SMILES string of the molecule is CCOC(=O)[C@@H](Cc1ccccc1)/C(C)=N/Nc1nc2ccccc2[nH]c1=S. The first kappa shape index (κ1) is 19.7. The molecule has 0 bridgehead atoms. The zero-order valence-electron chi connectivity index (χ0n) is 15.8. The van der Waals surface area contributed by atoms with E-state index in [1.807, 2.05) is 54.6 Å². The van der Waals surface area contributed by atoms with Crippen LogP contribution in [0.3, 0.4) is 0 Å². The summed E-state index contributed by atoms with van der Waals surface area (Å²) in [6, 6.07) is 17.4. The molecule has 0 aliphatic carbocycles. The zero-order chi connectivity index (χ0) is 19.9. The number of aromatic nitrogens is 2. The van der Waals surface area contributed by atoms with Crippen molar-refractivity contribution in [1.82, 2.24) is 9.97 Å². The second-order valence-corrected chi connectivity index (χ2v) is 6.70. The van der Waals surface area contributed by atoms with Gasteiger partial charge in [0.25, 0.3) is 0 Å². The molecule has 2 N–H and O–H groups in total. The van der Waals surface area contributed by atoms with Gasteiger partial charge in [0.15, 0.2) is 5.82 Å². The van der Waals surface area contributed by atoms with Crippen molar-refractivity contribution in [2.75, 3.05) is 12.0 Å². The van der Waals surface area contributed by atoms with Crippen LogP contribution >= 0.6 is 12.2 Å². The third kappa shape index (κ3) is 4.80. The Hall–Kier alpha value is -3.06. The summed E-state index contributed by atoms with van der Waals surface area (Å²) in [6.07, 6.45) is 0.509. The lowest BCUT2D eigenvalue weighted by atomic mass is 9.95. The number of ether oxygens (including phenoxy) is 1. The number of rotatable bonds is 7. The van der Waals surface area contributed by atoms with Crippen LogP contribution in [0, 0.1) is 10.6 Å². The Labute approximate surface area is 168 Å². The molecule has 7 heteroatoms. The Kier molecular flexibility index (Phi) is 6.49. The van der Waals surface area contributed by atoms with Gasteiger partial charge in [-0.05, 0) is 38.0 Å². The molecule has 0 spiro atoms. The van der Waals surface area contributed by atoms with Gasteiger partial charge in [0.05, 0.1) is 17.6 Å². The van der Waals surface area contributed by atoms with E-state index in [1.54, 1.807) is 13.8 Å². The molecule has 2 aromatic carbocycles. The van der Waals surface area contributed by atoms with E-state index in [-0.39, 0.29) is 5.97 Å². The second-order valence-electron chi connectivity index (χ2n) is 6.29. The Morgan fingerprint density at radius 3 is 2.68 bits per heavy atom. The van der Waals surface area contributed by atoms with Crippen molar-refractivity contribution in [3.05, 3.63) is 64.8 Å². The number of esters is 1. The highest BCUT2D eigenvalue weighted by atomic mass is 32.1. The first-order valence-electron chi connectivity index (χ1n) is 9.08. The molecule has 144 valence electrons. The Morgan fingerprint density at radius 1 is 1.21 bits per heavy atom. The number of carbonyl (C=O) groups is 1. The number of hydrazone groups is 1. The van der Waals surface area contributed by atoms with E-state index in [2.05, 4.69) is 20.5 Å². The minimum atomic E-state index is -0.493. The maximum atomic E-state index is 12.5. The van der Waals surface area contributed by atoms with Gasteiger partial charge in [-0.2, -0.15) is 5.10 Å². The first-order chi connectivity index (χ1) is 13.6. The Balaban J connectivity index is 1.84. The molecule has 0 amide bonds. The summed E-state index contributed by atoms with van der Waals surface area (Å²) >= 11 is 5.35. The Bertz CT molecular complexity index is 1050. The van der Waals surface area contributed by atoms with Crippen molar-refractivity contribution in [1.29, 1.82) is 0 Å². The maximum Gasteiger partial charge on any atom is 0.315 e. The van der Waals surface area contributed by atoms with Gasteiger partial charge < -0.3 is 9.72 Å². The van der Waals surface area contributed by atoms with E-state index in [9.17, 15) is 4.79 Å². The molecule has 0 saturated carbocycles. The summed E-state index contributed by atoms with van der Waals surface area (Å²) in [5.41, 5.74) is 6.17. The van der Waals surface area contributed by atoms with Gasteiger partial charge in [-0.15, -0.1) is 0 Å². The van der Waals surface area contributed by atoms with Crippen LogP contribution in [0.1, 0.15) is 19.4 Å². The fraction of sp³-hybridized carbons (Fsp3) is 0.238. The van der Waals surface area contributed by atoms with E-state index >= 15 is 0 Å². The van der Waals surface area contributed by atoms with Crippen LogP contribution in [0.5, 0.6) is 0 Å². The molecule has 28 heavy (non-hydrogen) atoms. The summed E-state index contributed by atoms with van der Waals surface area (Å²) in [6.45, 7) is 3.91. The van der Waals surface area contributed by atoms with Crippen LogP contribution in [0.15, 0.2) is 59.7 Å². The largest absolute Gasteiger partial charge is 0.465 e. The van der Waals surface area contributed by atoms with Crippen LogP contribution in [0.2, 0.25) is 0 Å². The molecule has 6 nitrogen and oxygen atoms in total. The van der Waals surface area contributed by atoms with E-state index < -0.39 is 5.92 Å². The van der Waals surface area contributed by atoms with Gasteiger partial charge >= 0.3 is 5.97 Å². The number of nitrogens with zero attached hydrogens (tertiary/aromatic N) is 2. The van der Waals surface area contributed by atoms with Gasteiger partial charge in [-0.3, -0.25) is 10.2 Å². The smallest absolute Gasteiger partial charge is 0.315 e. The lowest BCUT2D eigenvalue weighted by Gasteiger charge is -2.16. The molecule has 0 fully saturated rings. The molecule has 3 aromatic rings. The van der Waals surface area contributed by atoms with Crippen LogP contribution in [-0.4, -0.2) is 28.3 Å². The van der Waals surface area contributed by atoms with Crippen molar-refractivity contribution >= 4 is 40.8 Å². The van der Waals surface area contributed by atoms with Crippen molar-refractivity contribution in [3.63, 3.8) is 0 Å². The average molecular weight is 395 g/mol. The summed E-state index contributed by atoms with van der Waals surface area (Å²) in [4.78, 5) is 20.1. The number of nitrogens with one attached hydrogen (secondary N) is 2. The third-order valence-corrected chi connectivity index (χ3v) is 4.59. The van der Waals surface area contributed by atoms with Crippen LogP contribution in [-0.2, 0) is 16.0 Å². The number of H-pyrrole nitrogens is 1. The fourth-order valence-corrected chi connectivity index (χ4v) is 3.02. The van der Waals surface area contributed by atoms with Crippen molar-refractivity contribution < 1.29 is 9.53 Å². The first-order valence-corrected chi connectivity index (χ1v) is 9.49. The molecule has 1 heterocycles. The van der Waals surface area contributed by atoms with Crippen LogP contribution < -0.4 is 5.43 Å². The van der Waals surface area contributed by atoms with E-state index in [0.29, 0.717) is 29.2 Å². The summed E-state index contributed by atoms with van der Waals surface area (Å²) < 4.78 is 5.69. The molecule has 0 unspecified atom stereocenters. The molecule has 0 aliphatic rings. The number of fused-ring (bicyclic) bond motifs is 1. The standard InChI is InChI=1S/C21H22N4O2S/c1-3-27-21(26)16(13-15-9-5-4-6-10-15)14(2)24-25-19-20(28)23-18-12-8-7-11-17(18)22-19/h4-12,16H,3,13H2,1-2H3,(H,22,25)(H,23,28)/b24-14+/t16-/m0/s1. The minimum absolute atomic E-state index is 0.300. The predicted molar refractivity (Wildman–Crippen MR) is 114 cm³/mol. The Morgan fingerprint density at radius 2 is 1.93 bits per heavy atom. The summed E-state index contributed by atoms with van der Waals surface area (Å²) in [7, 11) is 0. The molecule has 0 radical (unpaired) electrons. The number of anilines is 1. The molecule has 1 atom stereocenters. The van der Waals surface area contributed by atoms with E-state index in [0.717, 1.165) is 16.6 Å². The number of aromatic amines is 1. The van der Waals surface area contributed by atoms with Gasteiger partial charge in [0.1, 0.15) is 10.6 Å². The zero-order valence-corrected chi connectivity index (χ0v) is 16.6. The summed E-state index contributed by atoms with van der Waals surface area (Å²) in [5, 5.41) is 4.38. The van der Waals surface area contributed by atoms with Gasteiger partial charge in [0.2, 0.25) is 0 Å². The number of carbonyl (C=O) groups excluding carboxylic acids is 1. The highest BCUT2D eigenvalue weighted by molar-refractivity contribution is 7.71. The molecular weight excluding hydrogens is 372 g/mol. The highest BCUT2D eigenvalue weighted by Crippen LogP contribution is 2.16. The quantitative estimate of drug-likeness (QED) is 0.267.